The Balaban J connectivity index is 1.89. The molecule has 7 heteroatoms. The molecule has 1 atom stereocenters. The normalized spacial score (nSPS) is 20.5. The van der Waals surface area contributed by atoms with Crippen LogP contribution in [0.3, 0.4) is 0 Å². The van der Waals surface area contributed by atoms with Crippen LogP contribution in [-0.2, 0) is 23.1 Å². The Morgan fingerprint density at radius 3 is 2.58 bits per heavy atom. The molecule has 1 aromatic carbocycles. The SMILES string of the molecule is Cn1nc(CC(=O)N2CC[C@@](C)(C(=O)O)C2)c2ccccc2c1=O. The van der Waals surface area contributed by atoms with Gasteiger partial charge in [-0.15, -0.1) is 0 Å². The molecule has 126 valence electrons. The van der Waals surface area contributed by atoms with Crippen LogP contribution in [0.5, 0.6) is 0 Å². The number of likely N-dealkylation sites (tertiary alicyclic amines) is 1. The summed E-state index contributed by atoms with van der Waals surface area (Å²) in [7, 11) is 1.56. The van der Waals surface area contributed by atoms with E-state index in [4.69, 9.17) is 0 Å². The van der Waals surface area contributed by atoms with E-state index in [1.807, 2.05) is 0 Å². The van der Waals surface area contributed by atoms with Crippen molar-refractivity contribution in [3.8, 4) is 0 Å². The van der Waals surface area contributed by atoms with Gasteiger partial charge in [0.25, 0.3) is 5.56 Å². The smallest absolute Gasteiger partial charge is 0.311 e. The minimum absolute atomic E-state index is 0.0460. The van der Waals surface area contributed by atoms with E-state index < -0.39 is 11.4 Å². The number of aromatic nitrogens is 2. The summed E-state index contributed by atoms with van der Waals surface area (Å²) in [6.45, 7) is 2.28. The van der Waals surface area contributed by atoms with Gasteiger partial charge in [0.1, 0.15) is 0 Å². The van der Waals surface area contributed by atoms with E-state index in [0.717, 1.165) is 0 Å². The summed E-state index contributed by atoms with van der Waals surface area (Å²) in [5.41, 5.74) is -0.572. The van der Waals surface area contributed by atoms with Gasteiger partial charge in [-0.3, -0.25) is 14.4 Å². The Hall–Kier alpha value is -2.70. The quantitative estimate of drug-likeness (QED) is 0.899. The molecule has 7 nitrogen and oxygen atoms in total. The molecule has 0 saturated carbocycles. The van der Waals surface area contributed by atoms with Crippen molar-refractivity contribution in [2.45, 2.75) is 19.8 Å². The van der Waals surface area contributed by atoms with Crippen LogP contribution in [0, 0.1) is 5.41 Å². The van der Waals surface area contributed by atoms with Crippen molar-refractivity contribution in [2.24, 2.45) is 12.5 Å². The van der Waals surface area contributed by atoms with Crippen molar-refractivity contribution in [3.63, 3.8) is 0 Å². The number of carbonyl (C=O) groups excluding carboxylic acids is 1. The van der Waals surface area contributed by atoms with Gasteiger partial charge in [0.05, 0.1) is 22.9 Å². The third-order valence-corrected chi connectivity index (χ3v) is 4.69. The Labute approximate surface area is 138 Å². The zero-order valence-corrected chi connectivity index (χ0v) is 13.7. The van der Waals surface area contributed by atoms with Crippen molar-refractivity contribution in [3.05, 3.63) is 40.3 Å². The molecular weight excluding hydrogens is 310 g/mol. The van der Waals surface area contributed by atoms with E-state index in [1.54, 1.807) is 43.1 Å². The summed E-state index contributed by atoms with van der Waals surface area (Å²) in [5, 5.41) is 14.7. The monoisotopic (exact) mass is 329 g/mol. The minimum atomic E-state index is -0.894. The average Bonchev–Trinajstić information content (AvgIpc) is 2.96. The van der Waals surface area contributed by atoms with Crippen molar-refractivity contribution in [1.29, 1.82) is 0 Å². The van der Waals surface area contributed by atoms with Crippen molar-refractivity contribution < 1.29 is 14.7 Å². The molecule has 1 N–H and O–H groups in total. The number of amides is 1. The predicted molar refractivity (Wildman–Crippen MR) is 87.6 cm³/mol. The first kappa shape index (κ1) is 16.2. The molecule has 2 heterocycles. The minimum Gasteiger partial charge on any atom is -0.481 e. The second-order valence-corrected chi connectivity index (χ2v) is 6.53. The largest absolute Gasteiger partial charge is 0.481 e. The first-order chi connectivity index (χ1) is 11.3. The molecule has 0 unspecified atom stereocenters. The fraction of sp³-hybridized carbons (Fsp3) is 0.412. The Kier molecular flexibility index (Phi) is 3.87. The maximum Gasteiger partial charge on any atom is 0.311 e. The average molecular weight is 329 g/mol. The van der Waals surface area contributed by atoms with Gasteiger partial charge in [0.15, 0.2) is 0 Å². The standard InChI is InChI=1S/C17H19N3O4/c1-17(16(23)24)7-8-20(10-17)14(21)9-13-11-5-3-4-6-12(11)15(22)19(2)18-13/h3-6H,7-10H2,1-2H3,(H,23,24)/t17-/m1/s1. The number of fused-ring (bicyclic) bond motifs is 1. The summed E-state index contributed by atoms with van der Waals surface area (Å²) in [5.74, 6) is -1.06. The highest BCUT2D eigenvalue weighted by Gasteiger charge is 2.42. The molecule has 1 aliphatic rings. The molecule has 1 aromatic heterocycles. The zero-order chi connectivity index (χ0) is 17.5. The van der Waals surface area contributed by atoms with Crippen molar-refractivity contribution >= 4 is 22.6 Å². The van der Waals surface area contributed by atoms with Crippen molar-refractivity contribution in [2.75, 3.05) is 13.1 Å². The van der Waals surface area contributed by atoms with Crippen LogP contribution in [0.1, 0.15) is 19.0 Å². The molecule has 1 fully saturated rings. The Morgan fingerprint density at radius 1 is 1.29 bits per heavy atom. The number of aliphatic carboxylic acids is 1. The van der Waals surface area contributed by atoms with Gasteiger partial charge in [-0.05, 0) is 19.4 Å². The second-order valence-electron chi connectivity index (χ2n) is 6.53. The Morgan fingerprint density at radius 2 is 1.96 bits per heavy atom. The van der Waals surface area contributed by atoms with E-state index >= 15 is 0 Å². The molecule has 24 heavy (non-hydrogen) atoms. The lowest BCUT2D eigenvalue weighted by atomic mass is 9.90. The van der Waals surface area contributed by atoms with E-state index in [-0.39, 0.29) is 24.4 Å². The van der Waals surface area contributed by atoms with E-state index in [9.17, 15) is 19.5 Å². The van der Waals surface area contributed by atoms with Gasteiger partial charge in [0.2, 0.25) is 5.91 Å². The summed E-state index contributed by atoms with van der Waals surface area (Å²) in [4.78, 5) is 37.6. The molecule has 3 rings (SSSR count). The third-order valence-electron chi connectivity index (χ3n) is 4.69. The number of hydrogen-bond acceptors (Lipinski definition) is 4. The fourth-order valence-corrected chi connectivity index (χ4v) is 3.11. The lowest BCUT2D eigenvalue weighted by Gasteiger charge is -2.20. The fourth-order valence-electron chi connectivity index (χ4n) is 3.11. The number of carbonyl (C=O) groups is 2. The van der Waals surface area contributed by atoms with Crippen LogP contribution in [0.4, 0.5) is 0 Å². The molecule has 0 spiro atoms. The van der Waals surface area contributed by atoms with Gasteiger partial charge in [-0.25, -0.2) is 4.68 Å². The molecule has 1 saturated heterocycles. The zero-order valence-electron chi connectivity index (χ0n) is 13.7. The van der Waals surface area contributed by atoms with Crippen LogP contribution >= 0.6 is 0 Å². The number of aryl methyl sites for hydroxylation is 1. The van der Waals surface area contributed by atoms with Gasteiger partial charge in [0, 0.05) is 25.5 Å². The highest BCUT2D eigenvalue weighted by atomic mass is 16.4. The molecule has 1 aliphatic heterocycles. The number of benzene rings is 1. The maximum atomic E-state index is 12.6. The number of rotatable bonds is 3. The van der Waals surface area contributed by atoms with Crippen LogP contribution < -0.4 is 5.56 Å². The van der Waals surface area contributed by atoms with E-state index in [1.165, 1.54) is 4.68 Å². The topological polar surface area (TPSA) is 92.5 Å². The highest BCUT2D eigenvalue weighted by Crippen LogP contribution is 2.30. The molecule has 0 aliphatic carbocycles. The predicted octanol–water partition coefficient (Wildman–Crippen LogP) is 0.799. The number of hydrogen-bond donors (Lipinski definition) is 1. The van der Waals surface area contributed by atoms with Crippen molar-refractivity contribution in [1.82, 2.24) is 14.7 Å². The maximum absolute atomic E-state index is 12.6. The molecule has 2 aromatic rings. The van der Waals surface area contributed by atoms with Gasteiger partial charge in [-0.2, -0.15) is 5.10 Å². The van der Waals surface area contributed by atoms with E-state index in [0.29, 0.717) is 29.4 Å². The summed E-state index contributed by atoms with van der Waals surface area (Å²) in [6.07, 6.45) is 0.486. The molecule has 1 amide bonds. The Bertz CT molecular complexity index is 889. The second kappa shape index (κ2) is 5.74. The first-order valence-electron chi connectivity index (χ1n) is 7.78. The number of carboxylic acid groups (broad SMARTS) is 1. The lowest BCUT2D eigenvalue weighted by Crippen LogP contribution is -2.36. The summed E-state index contributed by atoms with van der Waals surface area (Å²) in [6, 6.07) is 7.06. The molecule has 0 bridgehead atoms. The van der Waals surface area contributed by atoms with Crippen LogP contribution in [-0.4, -0.2) is 44.8 Å². The van der Waals surface area contributed by atoms with Crippen LogP contribution in [0.2, 0.25) is 0 Å². The van der Waals surface area contributed by atoms with Gasteiger partial charge in [-0.1, -0.05) is 18.2 Å². The number of nitrogens with zero attached hydrogens (tertiary/aromatic N) is 3. The summed E-state index contributed by atoms with van der Waals surface area (Å²) < 4.78 is 1.23. The van der Waals surface area contributed by atoms with E-state index in [2.05, 4.69) is 5.10 Å². The van der Waals surface area contributed by atoms with Gasteiger partial charge >= 0.3 is 5.97 Å². The molecule has 0 radical (unpaired) electrons. The number of carboxylic acids is 1. The first-order valence-corrected chi connectivity index (χ1v) is 7.78. The highest BCUT2D eigenvalue weighted by molar-refractivity contribution is 5.89. The van der Waals surface area contributed by atoms with Crippen LogP contribution in [0.15, 0.2) is 29.1 Å². The third kappa shape index (κ3) is 2.66. The van der Waals surface area contributed by atoms with Gasteiger partial charge < -0.3 is 10.0 Å². The van der Waals surface area contributed by atoms with Crippen LogP contribution in [0.25, 0.3) is 10.8 Å². The lowest BCUT2D eigenvalue weighted by molar-refractivity contribution is -0.147. The molecular formula is C17H19N3O4. The summed E-state index contributed by atoms with van der Waals surface area (Å²) >= 11 is 0.